The van der Waals surface area contributed by atoms with Crippen molar-refractivity contribution in [3.05, 3.63) is 65.9 Å². The van der Waals surface area contributed by atoms with Crippen LogP contribution in [0, 0.1) is 5.92 Å². The highest BCUT2D eigenvalue weighted by atomic mass is 16.5. The maximum absolute atomic E-state index is 12.5. The summed E-state index contributed by atoms with van der Waals surface area (Å²) >= 11 is 0. The third-order valence-corrected chi connectivity index (χ3v) is 5.29. The molecule has 0 fully saturated rings. The summed E-state index contributed by atoms with van der Waals surface area (Å²) in [6.45, 7) is 8.12. The second-order valence-electron chi connectivity index (χ2n) is 7.83. The number of hydrogen-bond acceptors (Lipinski definition) is 5. The molecule has 3 rings (SSSR count). The van der Waals surface area contributed by atoms with Gasteiger partial charge in [0, 0.05) is 17.2 Å². The molecule has 7 heteroatoms. The van der Waals surface area contributed by atoms with Crippen LogP contribution in [0.15, 0.2) is 54.6 Å². The van der Waals surface area contributed by atoms with E-state index in [0.717, 1.165) is 5.56 Å². The molecule has 32 heavy (non-hydrogen) atoms. The Kier molecular flexibility index (Phi) is 7.30. The maximum Gasteiger partial charge on any atom is 0.358 e. The van der Waals surface area contributed by atoms with E-state index in [2.05, 4.69) is 24.3 Å². The molecule has 0 bridgehead atoms. The Morgan fingerprint density at radius 2 is 1.78 bits per heavy atom. The van der Waals surface area contributed by atoms with Gasteiger partial charge in [0.1, 0.15) is 5.75 Å². The maximum atomic E-state index is 12.5. The molecular formula is C25H29N3O4. The number of benzene rings is 2. The van der Waals surface area contributed by atoms with Crippen LogP contribution in [0.1, 0.15) is 48.5 Å². The van der Waals surface area contributed by atoms with Crippen molar-refractivity contribution in [3.8, 4) is 22.7 Å². The zero-order valence-corrected chi connectivity index (χ0v) is 19.1. The van der Waals surface area contributed by atoms with Gasteiger partial charge in [0.2, 0.25) is 0 Å². The van der Waals surface area contributed by atoms with Gasteiger partial charge < -0.3 is 14.8 Å². The summed E-state index contributed by atoms with van der Waals surface area (Å²) in [5.74, 6) is 0.417. The first-order valence-corrected chi connectivity index (χ1v) is 10.7. The summed E-state index contributed by atoms with van der Waals surface area (Å²) < 4.78 is 12.1. The van der Waals surface area contributed by atoms with Crippen LogP contribution in [0.2, 0.25) is 0 Å². The Labute approximate surface area is 188 Å². The predicted octanol–water partition coefficient (Wildman–Crippen LogP) is 4.50. The van der Waals surface area contributed by atoms with Crippen LogP contribution < -0.4 is 10.1 Å². The first-order valence-electron chi connectivity index (χ1n) is 10.7. The van der Waals surface area contributed by atoms with Crippen molar-refractivity contribution < 1.29 is 19.1 Å². The van der Waals surface area contributed by atoms with E-state index in [4.69, 9.17) is 9.47 Å². The molecule has 0 saturated carbocycles. The fourth-order valence-corrected chi connectivity index (χ4v) is 3.08. The van der Waals surface area contributed by atoms with Crippen molar-refractivity contribution in [1.29, 1.82) is 0 Å². The third-order valence-electron chi connectivity index (χ3n) is 5.29. The highest BCUT2D eigenvalue weighted by Gasteiger charge is 2.19. The van der Waals surface area contributed by atoms with Gasteiger partial charge in [-0.1, -0.05) is 26.0 Å². The fourth-order valence-electron chi connectivity index (χ4n) is 3.08. The standard InChI is InChI=1S/C25H29N3O4/c1-6-32-25(30)22-15-23(19-8-7-9-21(14-19)31-5)28(27-22)20-12-10-18(11-13-20)24(29)26-17(4)16(2)3/h7-17H,6H2,1-5H3,(H,26,29)/t17-/m1/s1. The second-order valence-corrected chi connectivity index (χ2v) is 7.83. The average Bonchev–Trinajstić information content (AvgIpc) is 3.25. The van der Waals surface area contributed by atoms with Gasteiger partial charge in [-0.15, -0.1) is 0 Å². The second kappa shape index (κ2) is 10.1. The van der Waals surface area contributed by atoms with Crippen molar-refractivity contribution in [2.24, 2.45) is 5.92 Å². The number of ether oxygens (including phenoxy) is 2. The van der Waals surface area contributed by atoms with Gasteiger partial charge in [-0.3, -0.25) is 4.79 Å². The molecule has 0 spiro atoms. The minimum atomic E-state index is -0.492. The summed E-state index contributed by atoms with van der Waals surface area (Å²) in [5, 5.41) is 7.48. The topological polar surface area (TPSA) is 82.5 Å². The molecule has 0 aliphatic heterocycles. The number of hydrogen-bond donors (Lipinski definition) is 1. The van der Waals surface area contributed by atoms with E-state index < -0.39 is 5.97 Å². The first-order chi connectivity index (χ1) is 15.3. The van der Waals surface area contributed by atoms with E-state index >= 15 is 0 Å². The molecule has 7 nitrogen and oxygen atoms in total. The summed E-state index contributed by atoms with van der Waals surface area (Å²) in [7, 11) is 1.60. The van der Waals surface area contributed by atoms with E-state index in [9.17, 15) is 9.59 Å². The Morgan fingerprint density at radius 3 is 2.41 bits per heavy atom. The lowest BCUT2D eigenvalue weighted by atomic mass is 10.1. The molecule has 0 unspecified atom stereocenters. The zero-order valence-electron chi connectivity index (χ0n) is 19.1. The van der Waals surface area contributed by atoms with Crippen LogP contribution in [0.25, 0.3) is 16.9 Å². The minimum Gasteiger partial charge on any atom is -0.497 e. The van der Waals surface area contributed by atoms with E-state index in [1.54, 1.807) is 49.0 Å². The first kappa shape index (κ1) is 23.1. The number of esters is 1. The number of carbonyl (C=O) groups is 2. The van der Waals surface area contributed by atoms with E-state index in [-0.39, 0.29) is 24.2 Å². The van der Waals surface area contributed by atoms with Crippen molar-refractivity contribution in [1.82, 2.24) is 15.1 Å². The van der Waals surface area contributed by atoms with Crippen molar-refractivity contribution in [2.45, 2.75) is 33.7 Å². The van der Waals surface area contributed by atoms with E-state index in [0.29, 0.717) is 28.6 Å². The highest BCUT2D eigenvalue weighted by molar-refractivity contribution is 5.94. The molecule has 168 valence electrons. The SMILES string of the molecule is CCOC(=O)c1cc(-c2cccc(OC)c2)n(-c2ccc(C(=O)N[C@H](C)C(C)C)cc2)n1. The molecule has 0 aliphatic rings. The predicted molar refractivity (Wildman–Crippen MR) is 123 cm³/mol. The third kappa shape index (κ3) is 5.17. The van der Waals surface area contributed by atoms with Gasteiger partial charge >= 0.3 is 5.97 Å². The number of amides is 1. The van der Waals surface area contributed by atoms with Crippen LogP contribution in [0.3, 0.4) is 0 Å². The lowest BCUT2D eigenvalue weighted by molar-refractivity contribution is 0.0518. The Hall–Kier alpha value is -3.61. The lowest BCUT2D eigenvalue weighted by Crippen LogP contribution is -2.36. The van der Waals surface area contributed by atoms with Crippen molar-refractivity contribution in [3.63, 3.8) is 0 Å². The molecule has 2 aromatic carbocycles. The van der Waals surface area contributed by atoms with Crippen LogP contribution in [-0.4, -0.2) is 41.4 Å². The summed E-state index contributed by atoms with van der Waals surface area (Å²) in [4.78, 5) is 24.8. The summed E-state index contributed by atoms with van der Waals surface area (Å²) in [5.41, 5.74) is 3.02. The Bertz CT molecular complexity index is 1090. The molecule has 0 radical (unpaired) electrons. The van der Waals surface area contributed by atoms with Gasteiger partial charge in [-0.2, -0.15) is 5.10 Å². The Morgan fingerprint density at radius 1 is 1.06 bits per heavy atom. The van der Waals surface area contributed by atoms with E-state index in [1.807, 2.05) is 31.2 Å². The molecule has 1 amide bonds. The molecule has 1 aromatic heterocycles. The molecular weight excluding hydrogens is 406 g/mol. The van der Waals surface area contributed by atoms with Gasteiger partial charge in [-0.05, 0) is 62.2 Å². The quantitative estimate of drug-likeness (QED) is 0.527. The van der Waals surface area contributed by atoms with Gasteiger partial charge in [0.25, 0.3) is 5.91 Å². The van der Waals surface area contributed by atoms with E-state index in [1.165, 1.54) is 0 Å². The number of rotatable bonds is 8. The number of nitrogens with one attached hydrogen (secondary N) is 1. The van der Waals surface area contributed by atoms with Gasteiger partial charge in [0.15, 0.2) is 5.69 Å². The lowest BCUT2D eigenvalue weighted by Gasteiger charge is -2.17. The molecule has 1 atom stereocenters. The Balaban J connectivity index is 1.98. The van der Waals surface area contributed by atoms with Gasteiger partial charge in [0.05, 0.1) is 25.1 Å². The number of methoxy groups -OCH3 is 1. The highest BCUT2D eigenvalue weighted by Crippen LogP contribution is 2.27. The normalized spacial score (nSPS) is 11.8. The molecule has 0 aliphatic carbocycles. The van der Waals surface area contributed by atoms with Crippen LogP contribution >= 0.6 is 0 Å². The van der Waals surface area contributed by atoms with Gasteiger partial charge in [-0.25, -0.2) is 9.48 Å². The number of carbonyl (C=O) groups excluding carboxylic acids is 2. The van der Waals surface area contributed by atoms with Crippen LogP contribution in [0.4, 0.5) is 0 Å². The van der Waals surface area contributed by atoms with Crippen LogP contribution in [-0.2, 0) is 4.74 Å². The minimum absolute atomic E-state index is 0.0695. The summed E-state index contributed by atoms with van der Waals surface area (Å²) in [6.07, 6.45) is 0. The smallest absolute Gasteiger partial charge is 0.358 e. The van der Waals surface area contributed by atoms with Crippen molar-refractivity contribution >= 4 is 11.9 Å². The number of aromatic nitrogens is 2. The number of nitrogens with zero attached hydrogens (tertiary/aromatic N) is 2. The molecule has 1 N–H and O–H groups in total. The van der Waals surface area contributed by atoms with Crippen molar-refractivity contribution in [2.75, 3.05) is 13.7 Å². The van der Waals surface area contributed by atoms with Crippen LogP contribution in [0.5, 0.6) is 5.75 Å². The molecule has 0 saturated heterocycles. The summed E-state index contributed by atoms with van der Waals surface area (Å²) in [6, 6.07) is 16.4. The molecule has 3 aromatic rings. The zero-order chi connectivity index (χ0) is 23.3. The fraction of sp³-hybridized carbons (Fsp3) is 0.320. The molecule has 1 heterocycles. The largest absolute Gasteiger partial charge is 0.497 e. The monoisotopic (exact) mass is 435 g/mol. The average molecular weight is 436 g/mol.